The van der Waals surface area contributed by atoms with Crippen LogP contribution in [0.25, 0.3) is 10.8 Å². The van der Waals surface area contributed by atoms with Crippen LogP contribution in [0.15, 0.2) is 42.5 Å². The van der Waals surface area contributed by atoms with Gasteiger partial charge in [0.1, 0.15) is 0 Å². The number of rotatable bonds is 5. The van der Waals surface area contributed by atoms with Crippen LogP contribution >= 0.6 is 0 Å². The second kappa shape index (κ2) is 7.77. The minimum Gasteiger partial charge on any atom is -0.387 e. The van der Waals surface area contributed by atoms with Crippen molar-refractivity contribution in [2.75, 3.05) is 32.7 Å². The molecule has 1 aliphatic rings. The van der Waals surface area contributed by atoms with Gasteiger partial charge in [-0.1, -0.05) is 43.3 Å². The summed E-state index contributed by atoms with van der Waals surface area (Å²) in [6.45, 7) is 5.86. The van der Waals surface area contributed by atoms with E-state index in [-0.39, 0.29) is 5.91 Å². The summed E-state index contributed by atoms with van der Waals surface area (Å²) in [5, 5.41) is 12.9. The van der Waals surface area contributed by atoms with Crippen LogP contribution in [-0.2, 0) is 4.79 Å². The number of hydrogen-bond acceptors (Lipinski definition) is 3. The van der Waals surface area contributed by atoms with E-state index in [0.29, 0.717) is 13.0 Å². The average molecular weight is 326 g/mol. The Morgan fingerprint density at radius 2 is 1.79 bits per heavy atom. The van der Waals surface area contributed by atoms with Crippen molar-refractivity contribution in [1.82, 2.24) is 9.80 Å². The van der Waals surface area contributed by atoms with Gasteiger partial charge < -0.3 is 10.0 Å². The lowest BCUT2D eigenvalue weighted by molar-refractivity contribution is -0.133. The first kappa shape index (κ1) is 16.9. The number of carbonyl (C=O) groups is 1. The number of fused-ring (bicyclic) bond motifs is 1. The van der Waals surface area contributed by atoms with Crippen LogP contribution in [0.3, 0.4) is 0 Å². The van der Waals surface area contributed by atoms with E-state index in [1.54, 1.807) is 0 Å². The van der Waals surface area contributed by atoms with E-state index < -0.39 is 6.10 Å². The number of aliphatic hydroxyl groups excluding tert-OH is 1. The van der Waals surface area contributed by atoms with Gasteiger partial charge in [-0.05, 0) is 28.8 Å². The average Bonchev–Trinajstić information content (AvgIpc) is 2.62. The predicted octanol–water partition coefficient (Wildman–Crippen LogP) is 2.82. The second-order valence-corrected chi connectivity index (χ2v) is 6.55. The summed E-state index contributed by atoms with van der Waals surface area (Å²) in [6.07, 6.45) is 1.05. The van der Waals surface area contributed by atoms with Crippen molar-refractivity contribution in [1.29, 1.82) is 0 Å². The Kier molecular flexibility index (Phi) is 5.48. The molecule has 1 aliphatic heterocycles. The highest BCUT2D eigenvalue weighted by Crippen LogP contribution is 2.21. The molecule has 0 spiro atoms. The van der Waals surface area contributed by atoms with Crippen molar-refractivity contribution in [2.24, 2.45) is 0 Å². The SMILES string of the molecule is CCCC(=O)N1CCN(C[C@@H](O)c2ccc3ccccc3c2)CC1. The van der Waals surface area contributed by atoms with Crippen LogP contribution in [0, 0.1) is 0 Å². The minimum absolute atomic E-state index is 0.257. The molecule has 3 rings (SSSR count). The van der Waals surface area contributed by atoms with Crippen molar-refractivity contribution in [3.63, 3.8) is 0 Å². The second-order valence-electron chi connectivity index (χ2n) is 6.55. The number of piperazine rings is 1. The Balaban J connectivity index is 1.57. The first-order valence-corrected chi connectivity index (χ1v) is 8.84. The number of hydrogen-bond donors (Lipinski definition) is 1. The third-order valence-corrected chi connectivity index (χ3v) is 4.78. The molecule has 0 aromatic heterocycles. The Bertz CT molecular complexity index is 693. The monoisotopic (exact) mass is 326 g/mol. The largest absolute Gasteiger partial charge is 0.387 e. The molecule has 4 heteroatoms. The predicted molar refractivity (Wildman–Crippen MR) is 96.8 cm³/mol. The molecule has 4 nitrogen and oxygen atoms in total. The summed E-state index contributed by atoms with van der Waals surface area (Å²) in [7, 11) is 0. The van der Waals surface area contributed by atoms with E-state index in [4.69, 9.17) is 0 Å². The van der Waals surface area contributed by atoms with E-state index in [1.165, 1.54) is 5.39 Å². The molecule has 1 atom stereocenters. The van der Waals surface area contributed by atoms with Gasteiger partial charge in [0.25, 0.3) is 0 Å². The maximum Gasteiger partial charge on any atom is 0.222 e. The number of aliphatic hydroxyl groups is 1. The van der Waals surface area contributed by atoms with Gasteiger partial charge in [-0.25, -0.2) is 0 Å². The first-order chi connectivity index (χ1) is 11.7. The third-order valence-electron chi connectivity index (χ3n) is 4.78. The third kappa shape index (κ3) is 3.94. The van der Waals surface area contributed by atoms with Crippen molar-refractivity contribution in [3.05, 3.63) is 48.0 Å². The summed E-state index contributed by atoms with van der Waals surface area (Å²) in [6, 6.07) is 14.3. The van der Waals surface area contributed by atoms with Gasteiger partial charge in [0.2, 0.25) is 5.91 Å². The molecular formula is C20H26N2O2. The topological polar surface area (TPSA) is 43.8 Å². The molecule has 1 fully saturated rings. The molecule has 24 heavy (non-hydrogen) atoms. The van der Waals surface area contributed by atoms with Crippen LogP contribution in [0.2, 0.25) is 0 Å². The molecule has 2 aromatic rings. The molecule has 0 bridgehead atoms. The van der Waals surface area contributed by atoms with Crippen LogP contribution in [0.1, 0.15) is 31.4 Å². The van der Waals surface area contributed by atoms with Gasteiger partial charge in [0, 0.05) is 39.1 Å². The Morgan fingerprint density at radius 3 is 2.50 bits per heavy atom. The van der Waals surface area contributed by atoms with Crippen LogP contribution in [0.5, 0.6) is 0 Å². The standard InChI is InChI=1S/C20H26N2O2/c1-2-5-20(24)22-12-10-21(11-13-22)15-19(23)18-9-8-16-6-3-4-7-17(16)14-18/h3-4,6-9,14,19,23H,2,5,10-13,15H2,1H3/t19-/m1/s1. The number of nitrogens with zero attached hydrogens (tertiary/aromatic N) is 2. The van der Waals surface area contributed by atoms with Gasteiger partial charge in [0.15, 0.2) is 0 Å². The number of carbonyl (C=O) groups excluding carboxylic acids is 1. The zero-order chi connectivity index (χ0) is 16.9. The molecule has 1 heterocycles. The molecule has 1 N–H and O–H groups in total. The van der Waals surface area contributed by atoms with Gasteiger partial charge in [-0.15, -0.1) is 0 Å². The van der Waals surface area contributed by atoms with Crippen molar-refractivity contribution < 1.29 is 9.90 Å². The smallest absolute Gasteiger partial charge is 0.222 e. The Morgan fingerprint density at radius 1 is 1.08 bits per heavy atom. The normalized spacial score (nSPS) is 17.2. The maximum absolute atomic E-state index is 11.9. The first-order valence-electron chi connectivity index (χ1n) is 8.84. The van der Waals surface area contributed by atoms with Crippen molar-refractivity contribution in [3.8, 4) is 0 Å². The van der Waals surface area contributed by atoms with Gasteiger partial charge in [-0.2, -0.15) is 0 Å². The molecule has 2 aromatic carbocycles. The maximum atomic E-state index is 11.9. The fraction of sp³-hybridized carbons (Fsp3) is 0.450. The molecule has 0 saturated carbocycles. The van der Waals surface area contributed by atoms with Gasteiger partial charge in [0.05, 0.1) is 6.10 Å². The lowest BCUT2D eigenvalue weighted by atomic mass is 10.0. The number of amides is 1. The van der Waals surface area contributed by atoms with Crippen molar-refractivity contribution >= 4 is 16.7 Å². The van der Waals surface area contributed by atoms with E-state index in [9.17, 15) is 9.90 Å². The molecule has 128 valence electrons. The van der Waals surface area contributed by atoms with Crippen LogP contribution in [0.4, 0.5) is 0 Å². The zero-order valence-corrected chi connectivity index (χ0v) is 14.3. The number of benzene rings is 2. The van der Waals surface area contributed by atoms with E-state index >= 15 is 0 Å². The molecule has 1 amide bonds. The van der Waals surface area contributed by atoms with E-state index in [0.717, 1.165) is 43.5 Å². The molecule has 0 radical (unpaired) electrons. The molecular weight excluding hydrogens is 300 g/mol. The Hall–Kier alpha value is -1.91. The van der Waals surface area contributed by atoms with E-state index in [2.05, 4.69) is 29.2 Å². The summed E-state index contributed by atoms with van der Waals surface area (Å²) in [4.78, 5) is 16.1. The van der Waals surface area contributed by atoms with Crippen molar-refractivity contribution in [2.45, 2.75) is 25.9 Å². The highest BCUT2D eigenvalue weighted by Gasteiger charge is 2.22. The molecule has 1 saturated heterocycles. The fourth-order valence-corrected chi connectivity index (χ4v) is 3.32. The lowest BCUT2D eigenvalue weighted by Gasteiger charge is -2.35. The number of β-amino-alcohol motifs (C(OH)–C–C–N with tert-alkyl or cyclic N) is 1. The van der Waals surface area contributed by atoms with Gasteiger partial charge in [-0.3, -0.25) is 9.69 Å². The van der Waals surface area contributed by atoms with Crippen LogP contribution in [-0.4, -0.2) is 53.5 Å². The summed E-state index contributed by atoms with van der Waals surface area (Å²) in [5.74, 6) is 0.257. The summed E-state index contributed by atoms with van der Waals surface area (Å²) in [5.41, 5.74) is 0.957. The molecule has 0 unspecified atom stereocenters. The Labute approximate surface area is 143 Å². The molecule has 0 aliphatic carbocycles. The fourth-order valence-electron chi connectivity index (χ4n) is 3.32. The highest BCUT2D eigenvalue weighted by molar-refractivity contribution is 5.83. The lowest BCUT2D eigenvalue weighted by Crippen LogP contribution is -2.49. The highest BCUT2D eigenvalue weighted by atomic mass is 16.3. The zero-order valence-electron chi connectivity index (χ0n) is 14.3. The van der Waals surface area contributed by atoms with Crippen LogP contribution < -0.4 is 0 Å². The van der Waals surface area contributed by atoms with Gasteiger partial charge >= 0.3 is 0 Å². The summed E-state index contributed by atoms with van der Waals surface area (Å²) < 4.78 is 0. The summed E-state index contributed by atoms with van der Waals surface area (Å²) >= 11 is 0. The van der Waals surface area contributed by atoms with E-state index in [1.807, 2.05) is 30.0 Å². The quantitative estimate of drug-likeness (QED) is 0.919. The minimum atomic E-state index is -0.493.